The van der Waals surface area contributed by atoms with Gasteiger partial charge in [-0.2, -0.15) is 0 Å². The van der Waals surface area contributed by atoms with Crippen LogP contribution in [0.2, 0.25) is 0 Å². The maximum atomic E-state index is 5.55. The molecule has 2 heterocycles. The van der Waals surface area contributed by atoms with E-state index in [-0.39, 0.29) is 0 Å². The van der Waals surface area contributed by atoms with Crippen LogP contribution >= 0.6 is 0 Å². The second kappa shape index (κ2) is 5.20. The summed E-state index contributed by atoms with van der Waals surface area (Å²) in [5.74, 6) is 3.39. The van der Waals surface area contributed by atoms with Gasteiger partial charge in [0.1, 0.15) is 0 Å². The summed E-state index contributed by atoms with van der Waals surface area (Å²) in [6, 6.07) is 5.27. The Bertz CT molecular complexity index is 542. The molecule has 3 aliphatic rings. The monoisotopic (exact) mass is 287 g/mol. The summed E-state index contributed by atoms with van der Waals surface area (Å²) < 4.78 is 11.1. The zero-order chi connectivity index (χ0) is 14.4. The number of fused-ring (bicyclic) bond motifs is 2. The van der Waals surface area contributed by atoms with Gasteiger partial charge in [0.05, 0.1) is 14.2 Å². The summed E-state index contributed by atoms with van der Waals surface area (Å²) in [5, 5.41) is 0. The second-order valence-electron chi connectivity index (χ2n) is 6.77. The fraction of sp³-hybridized carbons (Fsp3) is 0.667. The van der Waals surface area contributed by atoms with Crippen LogP contribution in [0, 0.1) is 5.92 Å². The molecule has 3 nitrogen and oxygen atoms in total. The lowest BCUT2D eigenvalue weighted by Crippen LogP contribution is -2.39. The number of methoxy groups -OCH3 is 2. The SMILES string of the molecule is COc1cc2c(cc1OC)[C@H]1CCC[C@H]3CCN(CC2)[C@H]31. The van der Waals surface area contributed by atoms with E-state index in [1.165, 1.54) is 49.9 Å². The molecule has 0 bridgehead atoms. The van der Waals surface area contributed by atoms with Crippen LogP contribution in [0.25, 0.3) is 0 Å². The predicted octanol–water partition coefficient (Wildman–Crippen LogP) is 3.22. The third-order valence-corrected chi connectivity index (χ3v) is 5.91. The number of hydrogen-bond acceptors (Lipinski definition) is 3. The van der Waals surface area contributed by atoms with Gasteiger partial charge in [-0.1, -0.05) is 6.42 Å². The molecule has 1 saturated carbocycles. The summed E-state index contributed by atoms with van der Waals surface area (Å²) in [6.07, 6.45) is 6.70. The Hall–Kier alpha value is -1.22. The topological polar surface area (TPSA) is 21.7 Å². The number of ether oxygens (including phenoxy) is 2. The first-order valence-corrected chi connectivity index (χ1v) is 8.30. The molecule has 0 unspecified atom stereocenters. The largest absolute Gasteiger partial charge is 0.493 e. The summed E-state index contributed by atoms with van der Waals surface area (Å²) in [4.78, 5) is 2.76. The molecule has 3 heteroatoms. The Morgan fingerprint density at radius 3 is 2.62 bits per heavy atom. The van der Waals surface area contributed by atoms with E-state index in [4.69, 9.17) is 9.47 Å². The highest BCUT2D eigenvalue weighted by Gasteiger charge is 2.44. The van der Waals surface area contributed by atoms with Crippen LogP contribution in [0.15, 0.2) is 12.1 Å². The number of hydrogen-bond donors (Lipinski definition) is 0. The zero-order valence-electron chi connectivity index (χ0n) is 13.1. The third kappa shape index (κ3) is 2.05. The fourth-order valence-electron chi connectivity index (χ4n) is 4.98. The van der Waals surface area contributed by atoms with E-state index in [9.17, 15) is 0 Å². The van der Waals surface area contributed by atoms with Crippen molar-refractivity contribution in [2.24, 2.45) is 5.92 Å². The van der Waals surface area contributed by atoms with Crippen molar-refractivity contribution in [1.29, 1.82) is 0 Å². The second-order valence-corrected chi connectivity index (χ2v) is 6.77. The predicted molar refractivity (Wildman–Crippen MR) is 83.3 cm³/mol. The summed E-state index contributed by atoms with van der Waals surface area (Å²) in [7, 11) is 3.47. The van der Waals surface area contributed by atoms with Crippen molar-refractivity contribution in [2.75, 3.05) is 27.3 Å². The van der Waals surface area contributed by atoms with Crippen LogP contribution in [-0.4, -0.2) is 38.3 Å². The molecular weight excluding hydrogens is 262 g/mol. The molecule has 0 radical (unpaired) electrons. The van der Waals surface area contributed by atoms with Crippen molar-refractivity contribution in [2.45, 2.75) is 44.1 Å². The molecule has 1 saturated heterocycles. The highest BCUT2D eigenvalue weighted by atomic mass is 16.5. The smallest absolute Gasteiger partial charge is 0.161 e. The quantitative estimate of drug-likeness (QED) is 0.833. The van der Waals surface area contributed by atoms with E-state index < -0.39 is 0 Å². The first-order chi connectivity index (χ1) is 10.3. The minimum Gasteiger partial charge on any atom is -0.493 e. The van der Waals surface area contributed by atoms with Crippen LogP contribution in [0.5, 0.6) is 11.5 Å². The number of nitrogens with zero attached hydrogens (tertiary/aromatic N) is 1. The molecule has 0 amide bonds. The van der Waals surface area contributed by atoms with Crippen molar-refractivity contribution in [3.05, 3.63) is 23.3 Å². The Kier molecular flexibility index (Phi) is 3.33. The Morgan fingerprint density at radius 1 is 1.00 bits per heavy atom. The van der Waals surface area contributed by atoms with Crippen LogP contribution in [0.3, 0.4) is 0 Å². The van der Waals surface area contributed by atoms with E-state index in [0.29, 0.717) is 5.92 Å². The van der Waals surface area contributed by atoms with Gasteiger partial charge in [-0.15, -0.1) is 0 Å². The van der Waals surface area contributed by atoms with Gasteiger partial charge in [0.25, 0.3) is 0 Å². The standard InChI is InChI=1S/C18H25NO2/c1-20-16-10-13-7-9-19-8-6-12-4-3-5-14(18(12)19)15(13)11-17(16)21-2/h10-12,14,18H,3-9H2,1-2H3/t12-,14+,18+/m0/s1. The van der Waals surface area contributed by atoms with Gasteiger partial charge in [-0.05, 0) is 61.4 Å². The lowest BCUT2D eigenvalue weighted by molar-refractivity contribution is 0.166. The average Bonchev–Trinajstić information content (AvgIpc) is 2.88. The maximum Gasteiger partial charge on any atom is 0.161 e. The first kappa shape index (κ1) is 13.4. The highest BCUT2D eigenvalue weighted by Crippen LogP contribution is 2.48. The molecule has 0 N–H and O–H groups in total. The van der Waals surface area contributed by atoms with Crippen LogP contribution in [0.1, 0.15) is 42.7 Å². The average molecular weight is 287 g/mol. The number of rotatable bonds is 2. The van der Waals surface area contributed by atoms with Gasteiger partial charge in [0.15, 0.2) is 11.5 Å². The van der Waals surface area contributed by atoms with Gasteiger partial charge >= 0.3 is 0 Å². The van der Waals surface area contributed by atoms with Crippen molar-refractivity contribution >= 4 is 0 Å². The van der Waals surface area contributed by atoms with Gasteiger partial charge in [0.2, 0.25) is 0 Å². The molecule has 2 fully saturated rings. The first-order valence-electron chi connectivity index (χ1n) is 8.30. The minimum absolute atomic E-state index is 0.698. The van der Waals surface area contributed by atoms with Crippen LogP contribution in [0.4, 0.5) is 0 Å². The van der Waals surface area contributed by atoms with Gasteiger partial charge < -0.3 is 9.47 Å². The van der Waals surface area contributed by atoms with Crippen molar-refractivity contribution < 1.29 is 9.47 Å². The molecule has 2 aliphatic heterocycles. The van der Waals surface area contributed by atoms with Gasteiger partial charge in [0, 0.05) is 18.5 Å². The molecule has 0 aromatic heterocycles. The molecule has 0 spiro atoms. The van der Waals surface area contributed by atoms with E-state index in [1.807, 2.05) is 0 Å². The lowest BCUT2D eigenvalue weighted by Gasteiger charge is -2.37. The normalized spacial score (nSPS) is 31.2. The summed E-state index contributed by atoms with van der Waals surface area (Å²) in [5.41, 5.74) is 3.01. The van der Waals surface area contributed by atoms with Crippen molar-refractivity contribution in [3.63, 3.8) is 0 Å². The Morgan fingerprint density at radius 2 is 1.81 bits per heavy atom. The summed E-state index contributed by atoms with van der Waals surface area (Å²) in [6.45, 7) is 2.51. The minimum atomic E-state index is 0.698. The van der Waals surface area contributed by atoms with Crippen LogP contribution < -0.4 is 9.47 Å². The Labute approximate surface area is 127 Å². The maximum absolute atomic E-state index is 5.55. The zero-order valence-corrected chi connectivity index (χ0v) is 13.1. The molecule has 3 atom stereocenters. The van der Waals surface area contributed by atoms with E-state index in [0.717, 1.165) is 29.9 Å². The molecule has 114 valence electrons. The highest BCUT2D eigenvalue weighted by molar-refractivity contribution is 5.50. The molecule has 21 heavy (non-hydrogen) atoms. The van der Waals surface area contributed by atoms with E-state index in [1.54, 1.807) is 14.2 Å². The molecule has 1 aromatic rings. The molecule has 1 aromatic carbocycles. The third-order valence-electron chi connectivity index (χ3n) is 5.91. The molecule has 1 aliphatic carbocycles. The van der Waals surface area contributed by atoms with E-state index in [2.05, 4.69) is 17.0 Å². The number of benzene rings is 1. The van der Waals surface area contributed by atoms with Crippen LogP contribution in [-0.2, 0) is 6.42 Å². The lowest BCUT2D eigenvalue weighted by atomic mass is 9.73. The fourth-order valence-corrected chi connectivity index (χ4v) is 4.98. The summed E-state index contributed by atoms with van der Waals surface area (Å²) >= 11 is 0. The molecule has 4 rings (SSSR count). The van der Waals surface area contributed by atoms with Crippen molar-refractivity contribution in [3.8, 4) is 11.5 Å². The Balaban J connectivity index is 1.80. The van der Waals surface area contributed by atoms with Gasteiger partial charge in [-0.25, -0.2) is 0 Å². The molecular formula is C18H25NO2. The van der Waals surface area contributed by atoms with Gasteiger partial charge in [-0.3, -0.25) is 4.90 Å². The van der Waals surface area contributed by atoms with Crippen molar-refractivity contribution in [1.82, 2.24) is 4.90 Å². The van der Waals surface area contributed by atoms with E-state index >= 15 is 0 Å².